The quantitative estimate of drug-likeness (QED) is 0.571. The van der Waals surface area contributed by atoms with Crippen LogP contribution >= 0.6 is 0 Å². The summed E-state index contributed by atoms with van der Waals surface area (Å²) < 4.78 is 0. The van der Waals surface area contributed by atoms with Crippen LogP contribution in [0, 0.1) is 6.92 Å². The molecule has 0 aromatic carbocycles. The number of anilines is 1. The number of aromatic nitrogens is 1. The molecule has 0 unspecified atom stereocenters. The maximum atomic E-state index is 5.77. The Hall–Kier alpha value is -1.13. The van der Waals surface area contributed by atoms with Gasteiger partial charge in [0.05, 0.1) is 11.4 Å². The third kappa shape index (κ3) is 1.39. The number of nitrogens with zero attached hydrogens (tertiary/aromatic N) is 1. The fourth-order valence-corrected chi connectivity index (χ4v) is 1.13. The Morgan fingerprint density at radius 3 is 2.50 bits per heavy atom. The van der Waals surface area contributed by atoms with E-state index in [1.807, 2.05) is 6.92 Å². The molecule has 4 heteroatoms. The first-order valence-corrected chi connectivity index (χ1v) is 3.83. The Balaban J connectivity index is 3.25. The van der Waals surface area contributed by atoms with Crippen molar-refractivity contribution in [3.05, 3.63) is 23.0 Å². The van der Waals surface area contributed by atoms with Gasteiger partial charge >= 0.3 is 0 Å². The molecular formula is C8H14N4. The van der Waals surface area contributed by atoms with Crippen molar-refractivity contribution in [2.75, 3.05) is 5.73 Å². The Morgan fingerprint density at radius 1 is 1.33 bits per heavy atom. The highest BCUT2D eigenvalue weighted by Crippen LogP contribution is 2.17. The van der Waals surface area contributed by atoms with Gasteiger partial charge in [-0.25, -0.2) is 0 Å². The number of pyridine rings is 1. The van der Waals surface area contributed by atoms with Gasteiger partial charge in [-0.3, -0.25) is 4.98 Å². The van der Waals surface area contributed by atoms with E-state index < -0.39 is 0 Å². The number of aryl methyl sites for hydroxylation is 1. The fourth-order valence-electron chi connectivity index (χ4n) is 1.13. The molecule has 0 aliphatic heterocycles. The summed E-state index contributed by atoms with van der Waals surface area (Å²) in [5.41, 5.74) is 20.1. The van der Waals surface area contributed by atoms with Crippen LogP contribution < -0.4 is 17.2 Å². The van der Waals surface area contributed by atoms with Crippen LogP contribution in [0.25, 0.3) is 0 Å². The molecule has 0 radical (unpaired) electrons. The van der Waals surface area contributed by atoms with Crippen LogP contribution in [0.15, 0.2) is 6.20 Å². The molecule has 0 saturated carbocycles. The summed E-state index contributed by atoms with van der Waals surface area (Å²) >= 11 is 0. The van der Waals surface area contributed by atoms with Gasteiger partial charge in [0.2, 0.25) is 0 Å². The van der Waals surface area contributed by atoms with Crippen LogP contribution in [0.3, 0.4) is 0 Å². The van der Waals surface area contributed by atoms with Crippen molar-refractivity contribution >= 4 is 5.69 Å². The molecule has 0 amide bonds. The topological polar surface area (TPSA) is 90.9 Å². The van der Waals surface area contributed by atoms with E-state index in [1.165, 1.54) is 0 Å². The average Bonchev–Trinajstić information content (AvgIpc) is 2.09. The summed E-state index contributed by atoms with van der Waals surface area (Å²) in [6.45, 7) is 2.71. The summed E-state index contributed by atoms with van der Waals surface area (Å²) in [5.74, 6) is 0. The minimum absolute atomic E-state index is 0.418. The number of rotatable bonds is 2. The lowest BCUT2D eigenvalue weighted by atomic mass is 10.1. The van der Waals surface area contributed by atoms with Crippen LogP contribution in [-0.4, -0.2) is 4.98 Å². The summed E-state index contributed by atoms with van der Waals surface area (Å²) in [5, 5.41) is 0. The lowest BCUT2D eigenvalue weighted by molar-refractivity contribution is 0.955. The predicted octanol–water partition coefficient (Wildman–Crippen LogP) is -0.110. The fraction of sp³-hybridized carbons (Fsp3) is 0.375. The van der Waals surface area contributed by atoms with E-state index in [9.17, 15) is 0 Å². The molecule has 1 rings (SSSR count). The molecule has 6 N–H and O–H groups in total. The first-order chi connectivity index (χ1) is 5.70. The zero-order valence-electron chi connectivity index (χ0n) is 7.17. The Kier molecular flexibility index (Phi) is 2.62. The maximum Gasteiger partial charge on any atom is 0.0605 e. The van der Waals surface area contributed by atoms with Gasteiger partial charge in [0.1, 0.15) is 0 Å². The SMILES string of the molecule is Cc1ncc(CN)c(CN)c1N. The van der Waals surface area contributed by atoms with Crippen molar-refractivity contribution in [1.29, 1.82) is 0 Å². The van der Waals surface area contributed by atoms with E-state index in [1.54, 1.807) is 6.20 Å². The van der Waals surface area contributed by atoms with Gasteiger partial charge in [0, 0.05) is 19.3 Å². The van der Waals surface area contributed by atoms with E-state index in [2.05, 4.69) is 4.98 Å². The lowest BCUT2D eigenvalue weighted by Crippen LogP contribution is -2.11. The summed E-state index contributed by atoms with van der Waals surface area (Å²) in [4.78, 5) is 4.10. The highest BCUT2D eigenvalue weighted by atomic mass is 14.7. The molecule has 0 bridgehead atoms. The summed E-state index contributed by atoms with van der Waals surface area (Å²) in [6.07, 6.45) is 1.73. The van der Waals surface area contributed by atoms with Gasteiger partial charge in [-0.2, -0.15) is 0 Å². The minimum atomic E-state index is 0.418. The molecule has 1 heterocycles. The molecule has 1 aromatic heterocycles. The number of nitrogen functional groups attached to an aromatic ring is 1. The lowest BCUT2D eigenvalue weighted by Gasteiger charge is -2.09. The van der Waals surface area contributed by atoms with E-state index in [0.29, 0.717) is 18.8 Å². The average molecular weight is 166 g/mol. The van der Waals surface area contributed by atoms with E-state index in [0.717, 1.165) is 16.8 Å². The van der Waals surface area contributed by atoms with Gasteiger partial charge in [-0.05, 0) is 18.1 Å². The monoisotopic (exact) mass is 166 g/mol. The largest absolute Gasteiger partial charge is 0.397 e. The second-order valence-electron chi connectivity index (χ2n) is 2.67. The highest BCUT2D eigenvalue weighted by molar-refractivity contribution is 5.53. The predicted molar refractivity (Wildman–Crippen MR) is 49.2 cm³/mol. The van der Waals surface area contributed by atoms with Crippen LogP contribution in [0.5, 0.6) is 0 Å². The van der Waals surface area contributed by atoms with Crippen LogP contribution in [0.2, 0.25) is 0 Å². The zero-order chi connectivity index (χ0) is 9.14. The second-order valence-corrected chi connectivity index (χ2v) is 2.67. The molecule has 0 aliphatic carbocycles. The standard InChI is InChI=1S/C8H14N4/c1-5-8(11)7(3-10)6(2-9)4-12-5/h4H,2-3,9-11H2,1H3. The van der Waals surface area contributed by atoms with Crippen LogP contribution in [-0.2, 0) is 13.1 Å². The molecule has 66 valence electrons. The number of hydrogen-bond donors (Lipinski definition) is 3. The molecule has 0 spiro atoms. The number of hydrogen-bond acceptors (Lipinski definition) is 4. The van der Waals surface area contributed by atoms with E-state index in [-0.39, 0.29) is 0 Å². The summed E-state index contributed by atoms with van der Waals surface area (Å²) in [6, 6.07) is 0. The van der Waals surface area contributed by atoms with Crippen molar-refractivity contribution in [2.24, 2.45) is 11.5 Å². The van der Waals surface area contributed by atoms with Crippen molar-refractivity contribution in [2.45, 2.75) is 20.0 Å². The van der Waals surface area contributed by atoms with Gasteiger partial charge in [-0.15, -0.1) is 0 Å². The Labute approximate surface area is 71.8 Å². The third-order valence-corrected chi connectivity index (χ3v) is 1.94. The maximum absolute atomic E-state index is 5.77. The van der Waals surface area contributed by atoms with Gasteiger partial charge in [0.25, 0.3) is 0 Å². The first-order valence-electron chi connectivity index (χ1n) is 3.83. The molecule has 0 atom stereocenters. The van der Waals surface area contributed by atoms with Crippen molar-refractivity contribution in [1.82, 2.24) is 4.98 Å². The zero-order valence-corrected chi connectivity index (χ0v) is 7.17. The smallest absolute Gasteiger partial charge is 0.0605 e. The first kappa shape index (κ1) is 8.96. The third-order valence-electron chi connectivity index (χ3n) is 1.94. The normalized spacial score (nSPS) is 10.2. The second kappa shape index (κ2) is 3.51. The van der Waals surface area contributed by atoms with E-state index in [4.69, 9.17) is 17.2 Å². The van der Waals surface area contributed by atoms with Crippen LogP contribution in [0.4, 0.5) is 5.69 Å². The molecule has 0 aliphatic rings. The van der Waals surface area contributed by atoms with Gasteiger partial charge < -0.3 is 17.2 Å². The van der Waals surface area contributed by atoms with Crippen molar-refractivity contribution in [3.63, 3.8) is 0 Å². The van der Waals surface area contributed by atoms with Crippen molar-refractivity contribution in [3.8, 4) is 0 Å². The molecule has 1 aromatic rings. The highest BCUT2D eigenvalue weighted by Gasteiger charge is 2.06. The van der Waals surface area contributed by atoms with Gasteiger partial charge in [-0.1, -0.05) is 0 Å². The van der Waals surface area contributed by atoms with E-state index >= 15 is 0 Å². The minimum Gasteiger partial charge on any atom is -0.397 e. The van der Waals surface area contributed by atoms with Crippen LogP contribution in [0.1, 0.15) is 16.8 Å². The molecule has 0 fully saturated rings. The molecule has 0 saturated heterocycles. The Morgan fingerprint density at radius 2 is 2.00 bits per heavy atom. The molecular weight excluding hydrogens is 152 g/mol. The molecule has 12 heavy (non-hydrogen) atoms. The van der Waals surface area contributed by atoms with Crippen molar-refractivity contribution < 1.29 is 0 Å². The summed E-state index contributed by atoms with van der Waals surface area (Å²) in [7, 11) is 0. The van der Waals surface area contributed by atoms with Gasteiger partial charge in [0.15, 0.2) is 0 Å². The Bertz CT molecular complexity index is 283. The molecule has 4 nitrogen and oxygen atoms in total. The number of nitrogens with two attached hydrogens (primary N) is 3.